The first-order valence-electron chi connectivity index (χ1n) is 9.90. The van der Waals surface area contributed by atoms with Crippen LogP contribution < -0.4 is 15.5 Å². The second kappa shape index (κ2) is 8.19. The molecular weight excluding hydrogens is 342 g/mol. The van der Waals surface area contributed by atoms with E-state index >= 15 is 0 Å². The van der Waals surface area contributed by atoms with Crippen LogP contribution in [0.15, 0.2) is 30.3 Å². The van der Waals surface area contributed by atoms with Gasteiger partial charge < -0.3 is 20.3 Å². The van der Waals surface area contributed by atoms with Crippen molar-refractivity contribution in [3.05, 3.63) is 30.3 Å². The third-order valence-corrected chi connectivity index (χ3v) is 5.18. The molecule has 0 aromatic heterocycles. The number of benzene rings is 1. The number of rotatable bonds is 4. The normalized spacial score (nSPS) is 25.3. The maximum absolute atomic E-state index is 12.6. The van der Waals surface area contributed by atoms with Gasteiger partial charge in [-0.15, -0.1) is 0 Å². The highest BCUT2D eigenvalue weighted by molar-refractivity contribution is 5.79. The number of carbonyl (C=O) groups is 2. The number of para-hydroxylation sites is 1. The van der Waals surface area contributed by atoms with Crippen LogP contribution in [-0.2, 0) is 9.53 Å². The molecule has 1 aliphatic carbocycles. The van der Waals surface area contributed by atoms with Crippen LogP contribution in [0.3, 0.4) is 0 Å². The lowest BCUT2D eigenvalue weighted by atomic mass is 10.1. The first-order valence-corrected chi connectivity index (χ1v) is 9.90. The number of alkyl carbamates (subject to hydrolysis) is 1. The van der Waals surface area contributed by atoms with Gasteiger partial charge in [0, 0.05) is 36.8 Å². The Kier molecular flexibility index (Phi) is 5.92. The summed E-state index contributed by atoms with van der Waals surface area (Å²) in [5, 5.41) is 6.10. The van der Waals surface area contributed by atoms with Crippen molar-refractivity contribution in [3.63, 3.8) is 0 Å². The van der Waals surface area contributed by atoms with Crippen LogP contribution in [0.2, 0.25) is 0 Å². The molecule has 1 saturated heterocycles. The van der Waals surface area contributed by atoms with Crippen LogP contribution in [0, 0.1) is 5.92 Å². The lowest BCUT2D eigenvalue weighted by Gasteiger charge is -2.22. The highest BCUT2D eigenvalue weighted by atomic mass is 16.6. The van der Waals surface area contributed by atoms with Crippen molar-refractivity contribution in [1.82, 2.24) is 10.6 Å². The largest absolute Gasteiger partial charge is 0.444 e. The topological polar surface area (TPSA) is 70.7 Å². The molecule has 1 aliphatic heterocycles. The van der Waals surface area contributed by atoms with Gasteiger partial charge in [0.2, 0.25) is 5.91 Å². The number of amides is 2. The number of nitrogens with zero attached hydrogens (tertiary/aromatic N) is 1. The Morgan fingerprint density at radius 3 is 2.48 bits per heavy atom. The van der Waals surface area contributed by atoms with E-state index in [1.165, 1.54) is 5.69 Å². The maximum Gasteiger partial charge on any atom is 0.407 e. The molecule has 1 aromatic rings. The first kappa shape index (κ1) is 19.5. The fourth-order valence-corrected chi connectivity index (χ4v) is 3.90. The summed E-state index contributed by atoms with van der Waals surface area (Å²) in [6.07, 6.45) is 2.87. The van der Waals surface area contributed by atoms with Gasteiger partial charge in [0.05, 0.1) is 0 Å². The predicted molar refractivity (Wildman–Crippen MR) is 106 cm³/mol. The van der Waals surface area contributed by atoms with Crippen LogP contribution in [0.4, 0.5) is 10.5 Å². The summed E-state index contributed by atoms with van der Waals surface area (Å²) < 4.78 is 5.30. The molecule has 0 bridgehead atoms. The van der Waals surface area contributed by atoms with Gasteiger partial charge in [-0.1, -0.05) is 18.2 Å². The van der Waals surface area contributed by atoms with E-state index in [1.54, 1.807) is 0 Å². The van der Waals surface area contributed by atoms with E-state index in [-0.39, 0.29) is 23.9 Å². The summed E-state index contributed by atoms with van der Waals surface area (Å²) in [6, 6.07) is 10.5. The zero-order valence-electron chi connectivity index (χ0n) is 16.5. The van der Waals surface area contributed by atoms with E-state index in [9.17, 15) is 9.59 Å². The minimum Gasteiger partial charge on any atom is -0.444 e. The summed E-state index contributed by atoms with van der Waals surface area (Å²) in [5.74, 6) is 0.0825. The molecule has 6 nitrogen and oxygen atoms in total. The Hall–Kier alpha value is -2.24. The Morgan fingerprint density at radius 2 is 1.78 bits per heavy atom. The molecule has 0 unspecified atom stereocenters. The van der Waals surface area contributed by atoms with E-state index in [0.29, 0.717) is 6.42 Å². The van der Waals surface area contributed by atoms with E-state index in [0.717, 1.165) is 32.4 Å². The molecule has 3 rings (SSSR count). The van der Waals surface area contributed by atoms with E-state index < -0.39 is 11.7 Å². The highest BCUT2D eigenvalue weighted by Crippen LogP contribution is 2.27. The van der Waals surface area contributed by atoms with Crippen molar-refractivity contribution in [2.45, 2.75) is 64.1 Å². The molecule has 1 saturated carbocycles. The average Bonchev–Trinajstić information content (AvgIpc) is 3.23. The fraction of sp³-hybridized carbons (Fsp3) is 0.619. The minimum atomic E-state index is -0.507. The summed E-state index contributed by atoms with van der Waals surface area (Å²) in [6.45, 7) is 7.35. The number of ether oxygens (including phenoxy) is 1. The lowest BCUT2D eigenvalue weighted by Crippen LogP contribution is -2.41. The molecule has 6 heteroatoms. The van der Waals surface area contributed by atoms with Crippen LogP contribution in [-0.4, -0.2) is 42.8 Å². The lowest BCUT2D eigenvalue weighted by molar-refractivity contribution is -0.125. The quantitative estimate of drug-likeness (QED) is 0.851. The molecule has 1 heterocycles. The summed E-state index contributed by atoms with van der Waals surface area (Å²) >= 11 is 0. The first-order chi connectivity index (χ1) is 12.8. The summed E-state index contributed by atoms with van der Waals surface area (Å²) in [5.41, 5.74) is 0.698. The predicted octanol–water partition coefficient (Wildman–Crippen LogP) is 3.07. The third-order valence-electron chi connectivity index (χ3n) is 5.18. The molecule has 27 heavy (non-hydrogen) atoms. The van der Waals surface area contributed by atoms with Gasteiger partial charge in [0.25, 0.3) is 0 Å². The number of nitrogens with one attached hydrogen (secondary N) is 2. The molecule has 148 valence electrons. The van der Waals surface area contributed by atoms with Gasteiger partial charge in [0.1, 0.15) is 5.60 Å². The SMILES string of the molecule is CC(C)(C)OC(=O)N[C@@H]1CC[C@H](C(=O)N[C@H]2CCN(c3ccccc3)C2)C1. The van der Waals surface area contributed by atoms with E-state index in [4.69, 9.17) is 4.74 Å². The highest BCUT2D eigenvalue weighted by Gasteiger charge is 2.33. The van der Waals surface area contributed by atoms with Crippen molar-refractivity contribution >= 4 is 17.7 Å². The monoisotopic (exact) mass is 373 g/mol. The van der Waals surface area contributed by atoms with Gasteiger partial charge in [-0.3, -0.25) is 4.79 Å². The molecule has 2 N–H and O–H groups in total. The van der Waals surface area contributed by atoms with Crippen molar-refractivity contribution < 1.29 is 14.3 Å². The molecule has 2 amide bonds. The standard InChI is InChI=1S/C21H31N3O3/c1-21(2,3)27-20(26)23-16-10-9-15(13-16)19(25)22-17-11-12-24(14-17)18-7-5-4-6-8-18/h4-8,15-17H,9-14H2,1-3H3,(H,22,25)(H,23,26)/t15-,16+,17-/m0/s1. The summed E-state index contributed by atoms with van der Waals surface area (Å²) in [7, 11) is 0. The Bertz CT molecular complexity index is 656. The maximum atomic E-state index is 12.6. The van der Waals surface area contributed by atoms with Crippen LogP contribution >= 0.6 is 0 Å². The molecule has 0 spiro atoms. The number of hydrogen-bond acceptors (Lipinski definition) is 4. The van der Waals surface area contributed by atoms with Crippen molar-refractivity contribution in [1.29, 1.82) is 0 Å². The molecule has 2 fully saturated rings. The zero-order chi connectivity index (χ0) is 19.4. The third kappa shape index (κ3) is 5.62. The summed E-state index contributed by atoms with van der Waals surface area (Å²) in [4.78, 5) is 26.8. The second-order valence-corrected chi connectivity index (χ2v) is 8.63. The fourth-order valence-electron chi connectivity index (χ4n) is 3.90. The van der Waals surface area contributed by atoms with Crippen LogP contribution in [0.5, 0.6) is 0 Å². The van der Waals surface area contributed by atoms with E-state index in [2.05, 4.69) is 27.7 Å². The van der Waals surface area contributed by atoms with Crippen molar-refractivity contribution in [2.24, 2.45) is 5.92 Å². The van der Waals surface area contributed by atoms with Gasteiger partial charge in [-0.25, -0.2) is 4.79 Å². The minimum absolute atomic E-state index is 0.0139. The van der Waals surface area contributed by atoms with Gasteiger partial charge in [-0.05, 0) is 58.6 Å². The molecule has 3 atom stereocenters. The number of anilines is 1. The molecule has 1 aromatic carbocycles. The molecule has 2 aliphatic rings. The van der Waals surface area contributed by atoms with Gasteiger partial charge in [0.15, 0.2) is 0 Å². The van der Waals surface area contributed by atoms with Crippen molar-refractivity contribution in [2.75, 3.05) is 18.0 Å². The Balaban J connectivity index is 1.42. The number of carbonyl (C=O) groups excluding carboxylic acids is 2. The van der Waals surface area contributed by atoms with Crippen LogP contribution in [0.1, 0.15) is 46.5 Å². The molecular formula is C21H31N3O3. The average molecular weight is 373 g/mol. The van der Waals surface area contributed by atoms with E-state index in [1.807, 2.05) is 39.0 Å². The zero-order valence-corrected chi connectivity index (χ0v) is 16.5. The Labute approximate surface area is 161 Å². The Morgan fingerprint density at radius 1 is 1.04 bits per heavy atom. The van der Waals surface area contributed by atoms with Gasteiger partial charge >= 0.3 is 6.09 Å². The second-order valence-electron chi connectivity index (χ2n) is 8.63. The smallest absolute Gasteiger partial charge is 0.407 e. The van der Waals surface area contributed by atoms with Gasteiger partial charge in [-0.2, -0.15) is 0 Å². The van der Waals surface area contributed by atoms with Crippen LogP contribution in [0.25, 0.3) is 0 Å². The number of hydrogen-bond donors (Lipinski definition) is 2. The molecule has 0 radical (unpaired) electrons. The van der Waals surface area contributed by atoms with Crippen molar-refractivity contribution in [3.8, 4) is 0 Å².